The minimum Gasteiger partial charge on any atom is -0.435 e. The topological polar surface area (TPSA) is 45.4 Å². The fraction of sp³-hybridized carbons (Fsp3) is 0.238. The highest BCUT2D eigenvalue weighted by Crippen LogP contribution is 2.43. The highest BCUT2D eigenvalue weighted by Gasteiger charge is 2.31. The lowest BCUT2D eigenvalue weighted by Crippen LogP contribution is -2.33. The predicted octanol–water partition coefficient (Wildman–Crippen LogP) is 5.01. The van der Waals surface area contributed by atoms with Crippen LogP contribution in [0.15, 0.2) is 53.1 Å². The second-order valence-corrected chi connectivity index (χ2v) is 7.04. The van der Waals surface area contributed by atoms with Gasteiger partial charge in [-0.3, -0.25) is 0 Å². The third-order valence-electron chi connectivity index (χ3n) is 5.02. The Morgan fingerprint density at radius 2 is 1.85 bits per heavy atom. The minimum absolute atomic E-state index is 0.391. The highest BCUT2D eigenvalue weighted by atomic mass is 16.3. The Morgan fingerprint density at radius 1 is 1.00 bits per heavy atom. The highest BCUT2D eigenvalue weighted by molar-refractivity contribution is 6.08. The molecule has 0 atom stereocenters. The molecule has 0 spiro atoms. The van der Waals surface area contributed by atoms with Gasteiger partial charge >= 0.3 is 0 Å². The molecule has 0 saturated heterocycles. The van der Waals surface area contributed by atoms with Gasteiger partial charge in [-0.05, 0) is 51.1 Å². The molecule has 1 aliphatic heterocycles. The smallest absolute Gasteiger partial charge is 0.227 e. The van der Waals surface area contributed by atoms with Crippen LogP contribution in [-0.2, 0) is 0 Å². The Kier molecular flexibility index (Phi) is 3.19. The number of furan rings is 1. The monoisotopic (exact) mass is 344 g/mol. The third kappa shape index (κ3) is 2.10. The largest absolute Gasteiger partial charge is 0.435 e. The van der Waals surface area contributed by atoms with E-state index in [1.165, 1.54) is 0 Å². The first-order chi connectivity index (χ1) is 12.6. The van der Waals surface area contributed by atoms with Crippen molar-refractivity contribution in [1.29, 1.82) is 0 Å². The van der Waals surface area contributed by atoms with Crippen LogP contribution in [0.2, 0.25) is 0 Å². The van der Waals surface area contributed by atoms with Crippen molar-refractivity contribution < 1.29 is 4.42 Å². The van der Waals surface area contributed by atoms with Crippen molar-refractivity contribution in [2.24, 2.45) is 0 Å². The van der Waals surface area contributed by atoms with E-state index < -0.39 is 0 Å². The maximum atomic E-state index is 6.19. The molecule has 0 amide bonds. The molecule has 0 N–H and O–H groups in total. The first kappa shape index (κ1) is 15.2. The summed E-state index contributed by atoms with van der Waals surface area (Å²) in [6.45, 7) is 7.14. The van der Waals surface area contributed by atoms with E-state index in [1.54, 1.807) is 0 Å². The second kappa shape index (κ2) is 5.46. The van der Waals surface area contributed by atoms with Crippen molar-refractivity contribution in [3.63, 3.8) is 0 Å². The maximum Gasteiger partial charge on any atom is 0.227 e. The fourth-order valence-electron chi connectivity index (χ4n) is 3.72. The number of hydrogen-bond acceptors (Lipinski definition) is 5. The average molecular weight is 344 g/mol. The molecule has 5 nitrogen and oxygen atoms in total. The van der Waals surface area contributed by atoms with Gasteiger partial charge in [-0.2, -0.15) is 0 Å². The van der Waals surface area contributed by atoms with Gasteiger partial charge in [0.1, 0.15) is 0 Å². The van der Waals surface area contributed by atoms with Crippen LogP contribution in [0.25, 0.3) is 22.1 Å². The summed E-state index contributed by atoms with van der Waals surface area (Å²) in [6, 6.07) is 14.9. The summed E-state index contributed by atoms with van der Waals surface area (Å²) >= 11 is 0. The summed E-state index contributed by atoms with van der Waals surface area (Å²) in [4.78, 5) is 13.8. The molecule has 0 unspecified atom stereocenters. The molecule has 1 aliphatic rings. The minimum atomic E-state index is 0.391. The summed E-state index contributed by atoms with van der Waals surface area (Å²) in [5, 5.41) is 2.14. The SMILES string of the molecule is Cc1ccc2c(n1)oc1c(N3CN(C(C)C)c4cccnc43)cccc12. The second-order valence-electron chi connectivity index (χ2n) is 7.04. The van der Waals surface area contributed by atoms with E-state index in [1.807, 2.05) is 25.3 Å². The van der Waals surface area contributed by atoms with Crippen LogP contribution in [0, 0.1) is 6.92 Å². The molecule has 5 rings (SSSR count). The number of aryl methyl sites for hydroxylation is 1. The van der Waals surface area contributed by atoms with E-state index >= 15 is 0 Å². The molecular formula is C21H20N4O. The standard InChI is InChI=1S/C21H20N4O/c1-13(2)24-12-25(20-18(24)8-5-11-22-20)17-7-4-6-15-16-10-9-14(3)23-21(16)26-19(15)17/h4-11,13H,12H2,1-3H3. The van der Waals surface area contributed by atoms with Gasteiger partial charge in [0.25, 0.3) is 0 Å². The summed E-state index contributed by atoms with van der Waals surface area (Å²) < 4.78 is 6.19. The first-order valence-electron chi connectivity index (χ1n) is 8.91. The molecule has 0 fully saturated rings. The normalized spacial score (nSPS) is 14.0. The number of nitrogens with zero attached hydrogens (tertiary/aromatic N) is 4. The Balaban J connectivity index is 1.74. The van der Waals surface area contributed by atoms with E-state index in [4.69, 9.17) is 4.42 Å². The Labute approximate surface area is 151 Å². The molecule has 0 bridgehead atoms. The number of rotatable bonds is 2. The summed E-state index contributed by atoms with van der Waals surface area (Å²) in [7, 11) is 0. The van der Waals surface area contributed by atoms with Gasteiger partial charge in [0.2, 0.25) is 5.71 Å². The summed E-state index contributed by atoms with van der Waals surface area (Å²) in [6.07, 6.45) is 1.85. The molecule has 130 valence electrons. The van der Waals surface area contributed by atoms with Crippen LogP contribution >= 0.6 is 0 Å². The Hall–Kier alpha value is -3.08. The Bertz CT molecular complexity index is 1130. The zero-order valence-corrected chi connectivity index (χ0v) is 15.1. The molecule has 0 saturated carbocycles. The van der Waals surface area contributed by atoms with Crippen LogP contribution < -0.4 is 9.80 Å². The molecule has 26 heavy (non-hydrogen) atoms. The molecule has 5 heteroatoms. The van der Waals surface area contributed by atoms with Gasteiger partial charge in [-0.1, -0.05) is 12.1 Å². The number of benzene rings is 1. The van der Waals surface area contributed by atoms with Gasteiger partial charge in [0, 0.05) is 28.7 Å². The summed E-state index contributed by atoms with van der Waals surface area (Å²) in [5.41, 5.74) is 4.69. The lowest BCUT2D eigenvalue weighted by molar-refractivity contribution is 0.650. The number of para-hydroxylation sites is 1. The van der Waals surface area contributed by atoms with Gasteiger partial charge in [-0.15, -0.1) is 0 Å². The van der Waals surface area contributed by atoms with Gasteiger partial charge in [0.05, 0.1) is 18.0 Å². The molecule has 4 heterocycles. The maximum absolute atomic E-state index is 6.19. The van der Waals surface area contributed by atoms with Gasteiger partial charge < -0.3 is 14.2 Å². The zero-order valence-electron chi connectivity index (χ0n) is 15.1. The van der Waals surface area contributed by atoms with E-state index in [0.29, 0.717) is 11.8 Å². The molecule has 1 aromatic carbocycles. The average Bonchev–Trinajstić information content (AvgIpc) is 3.19. The van der Waals surface area contributed by atoms with Gasteiger partial charge in [-0.25, -0.2) is 9.97 Å². The summed E-state index contributed by atoms with van der Waals surface area (Å²) in [5.74, 6) is 0.971. The molecule has 0 aliphatic carbocycles. The first-order valence-corrected chi connectivity index (χ1v) is 8.91. The number of hydrogen-bond donors (Lipinski definition) is 0. The third-order valence-corrected chi connectivity index (χ3v) is 5.02. The van der Waals surface area contributed by atoms with E-state index in [0.717, 1.165) is 45.9 Å². The van der Waals surface area contributed by atoms with Crippen molar-refractivity contribution in [2.75, 3.05) is 16.5 Å². The van der Waals surface area contributed by atoms with Crippen molar-refractivity contribution in [3.05, 3.63) is 54.4 Å². The van der Waals surface area contributed by atoms with Crippen molar-refractivity contribution in [3.8, 4) is 0 Å². The van der Waals surface area contributed by atoms with Crippen molar-refractivity contribution >= 4 is 39.3 Å². The van der Waals surface area contributed by atoms with E-state index in [-0.39, 0.29) is 0 Å². The van der Waals surface area contributed by atoms with Gasteiger partial charge in [0.15, 0.2) is 11.4 Å². The van der Waals surface area contributed by atoms with Crippen LogP contribution in [0.5, 0.6) is 0 Å². The van der Waals surface area contributed by atoms with Crippen molar-refractivity contribution in [2.45, 2.75) is 26.8 Å². The Morgan fingerprint density at radius 3 is 2.69 bits per heavy atom. The predicted molar refractivity (Wildman–Crippen MR) is 105 cm³/mol. The lowest BCUT2D eigenvalue weighted by atomic mass is 10.1. The molecule has 3 aromatic heterocycles. The molecular weight excluding hydrogens is 324 g/mol. The number of fused-ring (bicyclic) bond motifs is 4. The van der Waals surface area contributed by atoms with Crippen LogP contribution in [0.1, 0.15) is 19.5 Å². The van der Waals surface area contributed by atoms with Crippen LogP contribution in [0.3, 0.4) is 0 Å². The molecule has 4 aromatic rings. The number of pyridine rings is 2. The van der Waals surface area contributed by atoms with E-state index in [2.05, 4.69) is 63.9 Å². The quantitative estimate of drug-likeness (QED) is 0.511. The lowest BCUT2D eigenvalue weighted by Gasteiger charge is -2.24. The van der Waals surface area contributed by atoms with Crippen LogP contribution in [0.4, 0.5) is 17.2 Å². The van der Waals surface area contributed by atoms with Crippen molar-refractivity contribution in [1.82, 2.24) is 9.97 Å². The number of aromatic nitrogens is 2. The number of anilines is 3. The molecule has 0 radical (unpaired) electrons. The van der Waals surface area contributed by atoms with Crippen LogP contribution in [-0.4, -0.2) is 22.7 Å². The van der Waals surface area contributed by atoms with E-state index in [9.17, 15) is 0 Å². The zero-order chi connectivity index (χ0) is 17.8. The fourth-order valence-corrected chi connectivity index (χ4v) is 3.72.